The van der Waals surface area contributed by atoms with Gasteiger partial charge < -0.3 is 10.0 Å². The number of benzene rings is 2. The molecule has 4 rings (SSSR count). The quantitative estimate of drug-likeness (QED) is 0.626. The first-order valence-corrected chi connectivity index (χ1v) is 11.7. The fourth-order valence-corrected chi connectivity index (χ4v) is 5.31. The molecular weight excluding hydrogens is 450 g/mol. The molecule has 1 N–H and O–H groups in total. The maximum absolute atomic E-state index is 13.0. The van der Waals surface area contributed by atoms with Gasteiger partial charge in [0.2, 0.25) is 15.9 Å². The van der Waals surface area contributed by atoms with Crippen LogP contribution in [-0.4, -0.2) is 72.6 Å². The number of carbonyl (C=O) groups is 4. The Morgan fingerprint density at radius 2 is 1.36 bits per heavy atom. The second kappa shape index (κ2) is 8.75. The molecule has 0 spiro atoms. The molecule has 33 heavy (non-hydrogen) atoms. The van der Waals surface area contributed by atoms with Crippen molar-refractivity contribution < 1.29 is 32.7 Å². The Balaban J connectivity index is 1.44. The lowest BCUT2D eigenvalue weighted by atomic mass is 10.1. The summed E-state index contributed by atoms with van der Waals surface area (Å²) in [4.78, 5) is 50.4. The number of hydrogen-bond donors (Lipinski definition) is 1. The molecule has 0 saturated carbocycles. The van der Waals surface area contributed by atoms with Gasteiger partial charge in [-0.25, -0.2) is 13.3 Å². The van der Waals surface area contributed by atoms with Crippen molar-refractivity contribution in [3.05, 3.63) is 59.7 Å². The average molecular weight is 471 g/mol. The summed E-state index contributed by atoms with van der Waals surface area (Å²) >= 11 is 0. The van der Waals surface area contributed by atoms with Gasteiger partial charge in [0.1, 0.15) is 0 Å². The Bertz CT molecular complexity index is 1200. The smallest absolute Gasteiger partial charge is 0.303 e. The van der Waals surface area contributed by atoms with E-state index in [1.54, 1.807) is 24.3 Å². The minimum absolute atomic E-state index is 0.00788. The molecule has 11 heteroatoms. The Morgan fingerprint density at radius 1 is 0.818 bits per heavy atom. The molecule has 2 aliphatic heterocycles. The highest BCUT2D eigenvalue weighted by molar-refractivity contribution is 7.89. The van der Waals surface area contributed by atoms with Gasteiger partial charge in [-0.2, -0.15) is 4.31 Å². The Hall–Kier alpha value is -3.57. The van der Waals surface area contributed by atoms with Crippen molar-refractivity contribution in [2.75, 3.05) is 31.1 Å². The topological polar surface area (TPSA) is 132 Å². The largest absolute Gasteiger partial charge is 0.481 e. The van der Waals surface area contributed by atoms with E-state index in [0.29, 0.717) is 11.1 Å². The molecule has 0 unspecified atom stereocenters. The van der Waals surface area contributed by atoms with Gasteiger partial charge in [0.05, 0.1) is 28.1 Å². The summed E-state index contributed by atoms with van der Waals surface area (Å²) in [7, 11) is -3.84. The molecule has 0 atom stereocenters. The lowest BCUT2D eigenvalue weighted by molar-refractivity contribution is -0.141. The number of amides is 3. The second-order valence-corrected chi connectivity index (χ2v) is 9.60. The number of anilines is 1. The molecule has 1 fully saturated rings. The lowest BCUT2D eigenvalue weighted by Gasteiger charge is -2.34. The molecule has 3 amide bonds. The van der Waals surface area contributed by atoms with E-state index in [1.807, 2.05) is 0 Å². The van der Waals surface area contributed by atoms with Gasteiger partial charge in [-0.3, -0.25) is 19.2 Å². The number of nitrogens with zero attached hydrogens (tertiary/aromatic N) is 3. The number of hydrogen-bond acceptors (Lipinski definition) is 6. The van der Waals surface area contributed by atoms with E-state index < -0.39 is 27.8 Å². The molecule has 2 heterocycles. The number of carbonyl (C=O) groups excluding carboxylic acids is 3. The van der Waals surface area contributed by atoms with Crippen LogP contribution in [0.2, 0.25) is 0 Å². The van der Waals surface area contributed by atoms with Crippen LogP contribution >= 0.6 is 0 Å². The fourth-order valence-electron chi connectivity index (χ4n) is 3.89. The first-order chi connectivity index (χ1) is 15.7. The van der Waals surface area contributed by atoms with Gasteiger partial charge in [-0.15, -0.1) is 0 Å². The molecular formula is C22H21N3O7S. The average Bonchev–Trinajstić information content (AvgIpc) is 3.07. The number of imide groups is 1. The summed E-state index contributed by atoms with van der Waals surface area (Å²) in [5.41, 5.74) is 0.874. The number of carboxylic acids is 1. The van der Waals surface area contributed by atoms with Gasteiger partial charge >= 0.3 is 5.97 Å². The summed E-state index contributed by atoms with van der Waals surface area (Å²) < 4.78 is 27.3. The lowest BCUT2D eigenvalue weighted by Crippen LogP contribution is -2.50. The number of piperazine rings is 1. The van der Waals surface area contributed by atoms with Crippen LogP contribution in [0.1, 0.15) is 33.6 Å². The van der Waals surface area contributed by atoms with Crippen molar-refractivity contribution >= 4 is 39.4 Å². The molecule has 0 aromatic heterocycles. The van der Waals surface area contributed by atoms with E-state index in [-0.39, 0.29) is 55.5 Å². The van der Waals surface area contributed by atoms with Crippen LogP contribution in [-0.2, 0) is 19.6 Å². The third-order valence-electron chi connectivity index (χ3n) is 5.67. The standard InChI is InChI=1S/C22H21N3O7S/c26-19(9-10-20(27)28)23-11-13-24(14-12-23)33(31,32)16-7-5-15(6-8-16)25-21(29)17-3-1-2-4-18(17)22(25)30/h1-8H,9-14H2,(H,27,28). The minimum atomic E-state index is -3.84. The Labute approximate surface area is 190 Å². The minimum Gasteiger partial charge on any atom is -0.481 e. The predicted octanol–water partition coefficient (Wildman–Crippen LogP) is 1.18. The number of aliphatic carboxylic acids is 1. The van der Waals surface area contributed by atoms with Crippen molar-refractivity contribution in [3.8, 4) is 0 Å². The number of fused-ring (bicyclic) bond motifs is 1. The van der Waals surface area contributed by atoms with Crippen LogP contribution in [0, 0.1) is 0 Å². The SMILES string of the molecule is O=C(O)CCC(=O)N1CCN(S(=O)(=O)c2ccc(N3C(=O)c4ccccc4C3=O)cc2)CC1. The number of rotatable bonds is 6. The third-order valence-corrected chi connectivity index (χ3v) is 7.58. The molecule has 2 aliphatic rings. The predicted molar refractivity (Wildman–Crippen MR) is 116 cm³/mol. The van der Waals surface area contributed by atoms with E-state index in [9.17, 15) is 27.6 Å². The highest BCUT2D eigenvalue weighted by Gasteiger charge is 2.36. The first-order valence-electron chi connectivity index (χ1n) is 10.3. The first kappa shape index (κ1) is 22.6. The Morgan fingerprint density at radius 3 is 1.88 bits per heavy atom. The van der Waals surface area contributed by atoms with Crippen LogP contribution in [0.15, 0.2) is 53.4 Å². The normalized spacial score (nSPS) is 16.7. The van der Waals surface area contributed by atoms with Crippen molar-refractivity contribution in [2.24, 2.45) is 0 Å². The van der Waals surface area contributed by atoms with E-state index in [2.05, 4.69) is 0 Å². The number of sulfonamides is 1. The van der Waals surface area contributed by atoms with Crippen molar-refractivity contribution in [2.45, 2.75) is 17.7 Å². The van der Waals surface area contributed by atoms with Crippen LogP contribution in [0.25, 0.3) is 0 Å². The van der Waals surface area contributed by atoms with Gasteiger partial charge in [0.15, 0.2) is 0 Å². The van der Waals surface area contributed by atoms with E-state index in [4.69, 9.17) is 5.11 Å². The van der Waals surface area contributed by atoms with Crippen LogP contribution in [0.3, 0.4) is 0 Å². The molecule has 0 aliphatic carbocycles. The summed E-state index contributed by atoms with van der Waals surface area (Å²) in [6, 6.07) is 12.0. The molecule has 2 aromatic carbocycles. The van der Waals surface area contributed by atoms with E-state index >= 15 is 0 Å². The summed E-state index contributed by atoms with van der Waals surface area (Å²) in [6.07, 6.45) is -0.391. The maximum Gasteiger partial charge on any atom is 0.303 e. The van der Waals surface area contributed by atoms with Crippen molar-refractivity contribution in [3.63, 3.8) is 0 Å². The highest BCUT2D eigenvalue weighted by atomic mass is 32.2. The molecule has 0 bridgehead atoms. The molecule has 172 valence electrons. The van der Waals surface area contributed by atoms with Crippen molar-refractivity contribution in [1.29, 1.82) is 0 Å². The van der Waals surface area contributed by atoms with Gasteiger partial charge in [-0.05, 0) is 36.4 Å². The maximum atomic E-state index is 13.0. The van der Waals surface area contributed by atoms with Crippen LogP contribution in [0.5, 0.6) is 0 Å². The van der Waals surface area contributed by atoms with E-state index in [0.717, 1.165) is 4.90 Å². The third kappa shape index (κ3) is 4.24. The zero-order valence-corrected chi connectivity index (χ0v) is 18.3. The van der Waals surface area contributed by atoms with Crippen LogP contribution < -0.4 is 4.90 Å². The van der Waals surface area contributed by atoms with Gasteiger partial charge in [0.25, 0.3) is 11.8 Å². The van der Waals surface area contributed by atoms with E-state index in [1.165, 1.54) is 33.5 Å². The summed E-state index contributed by atoms with van der Waals surface area (Å²) in [5, 5.41) is 8.70. The van der Waals surface area contributed by atoms with Crippen LogP contribution in [0.4, 0.5) is 5.69 Å². The zero-order valence-electron chi connectivity index (χ0n) is 17.5. The van der Waals surface area contributed by atoms with Gasteiger partial charge in [-0.1, -0.05) is 12.1 Å². The second-order valence-electron chi connectivity index (χ2n) is 7.66. The molecule has 1 saturated heterocycles. The monoisotopic (exact) mass is 471 g/mol. The molecule has 0 radical (unpaired) electrons. The molecule has 10 nitrogen and oxygen atoms in total. The Kier molecular flexibility index (Phi) is 6.00. The zero-order chi connectivity index (χ0) is 23.8. The highest BCUT2D eigenvalue weighted by Crippen LogP contribution is 2.29. The fraction of sp³-hybridized carbons (Fsp3) is 0.273. The number of carboxylic acid groups (broad SMARTS) is 1. The molecule has 2 aromatic rings. The van der Waals surface area contributed by atoms with Crippen molar-refractivity contribution in [1.82, 2.24) is 9.21 Å². The summed E-state index contributed by atoms with van der Waals surface area (Å²) in [5.74, 6) is -2.31. The van der Waals surface area contributed by atoms with Gasteiger partial charge in [0, 0.05) is 32.6 Å². The summed E-state index contributed by atoms with van der Waals surface area (Å²) in [6.45, 7) is 0.512.